The third-order valence-electron chi connectivity index (χ3n) is 1.56. The fourth-order valence-electron chi connectivity index (χ4n) is 1.07. The van der Waals surface area contributed by atoms with Crippen molar-refractivity contribution < 1.29 is 0 Å². The summed E-state index contributed by atoms with van der Waals surface area (Å²) in [7, 11) is 0. The molecule has 0 nitrogen and oxygen atoms in total. The zero-order chi connectivity index (χ0) is 11.9. The van der Waals surface area contributed by atoms with Gasteiger partial charge in [-0.3, -0.25) is 0 Å². The minimum Gasteiger partial charge on any atom is -0.120 e. The van der Waals surface area contributed by atoms with Crippen LogP contribution in [0.1, 0.15) is 26.3 Å². The third-order valence-corrected chi connectivity index (χ3v) is 2.76. The number of rotatable bonds is 2. The Kier molecular flexibility index (Phi) is 6.11. The fourth-order valence-corrected chi connectivity index (χ4v) is 2.15. The highest BCUT2D eigenvalue weighted by molar-refractivity contribution is 8.00. The average molecular weight is 220 g/mol. The highest BCUT2D eigenvalue weighted by atomic mass is 32.2. The van der Waals surface area contributed by atoms with Gasteiger partial charge in [0.1, 0.15) is 0 Å². The molecule has 1 heteroatoms. The molecule has 1 aromatic carbocycles. The van der Waals surface area contributed by atoms with Gasteiger partial charge in [-0.2, -0.15) is 0 Å². The quantitative estimate of drug-likeness (QED) is 0.498. The molecule has 0 N–H and O–H groups in total. The maximum Gasteiger partial charge on any atom is 0.0150 e. The van der Waals surface area contributed by atoms with Gasteiger partial charge in [-0.25, -0.2) is 0 Å². The van der Waals surface area contributed by atoms with Gasteiger partial charge in [0.2, 0.25) is 0 Å². The molecule has 0 bridgehead atoms. The topological polar surface area (TPSA) is 0 Å². The van der Waals surface area contributed by atoms with Gasteiger partial charge in [-0.15, -0.1) is 24.9 Å². The van der Waals surface area contributed by atoms with Crippen molar-refractivity contribution in [2.75, 3.05) is 0 Å². The van der Waals surface area contributed by atoms with Crippen molar-refractivity contribution in [3.63, 3.8) is 0 Å². The Labute approximate surface area is 98.1 Å². The molecule has 0 radical (unpaired) electrons. The van der Waals surface area contributed by atoms with Crippen molar-refractivity contribution in [1.29, 1.82) is 0 Å². The van der Waals surface area contributed by atoms with E-state index in [4.69, 9.17) is 0 Å². The summed E-state index contributed by atoms with van der Waals surface area (Å²) in [4.78, 5) is 1.31. The summed E-state index contributed by atoms with van der Waals surface area (Å²) in [6.07, 6.45) is 1.91. The van der Waals surface area contributed by atoms with Gasteiger partial charge in [-0.05, 0) is 11.6 Å². The highest BCUT2D eigenvalue weighted by Gasteiger charge is 2.13. The molecule has 1 aromatic rings. The van der Waals surface area contributed by atoms with Crippen molar-refractivity contribution in [2.24, 2.45) is 0 Å². The van der Waals surface area contributed by atoms with E-state index >= 15 is 0 Å². The SMILES string of the molecule is C=C.C=Cc1ccccc1SC(C)(C)C. The summed E-state index contributed by atoms with van der Waals surface area (Å²) in [6.45, 7) is 16.5. The van der Waals surface area contributed by atoms with E-state index in [0.717, 1.165) is 0 Å². The second kappa shape index (κ2) is 6.52. The molecule has 82 valence electrons. The van der Waals surface area contributed by atoms with E-state index in [9.17, 15) is 0 Å². The van der Waals surface area contributed by atoms with Crippen LogP contribution in [0.25, 0.3) is 6.08 Å². The van der Waals surface area contributed by atoms with Crippen LogP contribution in [0, 0.1) is 0 Å². The predicted octanol–water partition coefficient (Wildman–Crippen LogP) is 5.02. The van der Waals surface area contributed by atoms with Gasteiger partial charge in [0.15, 0.2) is 0 Å². The van der Waals surface area contributed by atoms with Gasteiger partial charge in [0.25, 0.3) is 0 Å². The fraction of sp³-hybridized carbons (Fsp3) is 0.286. The van der Waals surface area contributed by atoms with Crippen molar-refractivity contribution in [3.8, 4) is 0 Å². The van der Waals surface area contributed by atoms with E-state index in [-0.39, 0.29) is 4.75 Å². The maximum atomic E-state index is 3.81. The van der Waals surface area contributed by atoms with Crippen LogP contribution >= 0.6 is 11.8 Å². The van der Waals surface area contributed by atoms with Crippen LogP contribution in [0.2, 0.25) is 0 Å². The van der Waals surface area contributed by atoms with Crippen LogP contribution in [0.4, 0.5) is 0 Å². The zero-order valence-electron chi connectivity index (χ0n) is 9.92. The van der Waals surface area contributed by atoms with Crippen LogP contribution in [-0.2, 0) is 0 Å². The van der Waals surface area contributed by atoms with Crippen LogP contribution in [0.5, 0.6) is 0 Å². The van der Waals surface area contributed by atoms with Gasteiger partial charge in [0.05, 0.1) is 0 Å². The molecule has 0 amide bonds. The lowest BCUT2D eigenvalue weighted by molar-refractivity contribution is 0.802. The van der Waals surface area contributed by atoms with E-state index in [0.29, 0.717) is 0 Å². The minimum absolute atomic E-state index is 0.263. The monoisotopic (exact) mass is 220 g/mol. The standard InChI is InChI=1S/C12H16S.C2H4/c1-5-10-8-6-7-9-11(10)13-12(2,3)4;1-2/h5-9H,1H2,2-4H3;1-2H2. The smallest absolute Gasteiger partial charge is 0.0150 e. The summed E-state index contributed by atoms with van der Waals surface area (Å²) in [5.41, 5.74) is 1.22. The van der Waals surface area contributed by atoms with Gasteiger partial charge < -0.3 is 0 Å². The van der Waals surface area contributed by atoms with Crippen LogP contribution in [0.15, 0.2) is 48.9 Å². The van der Waals surface area contributed by atoms with Crippen LogP contribution in [-0.4, -0.2) is 4.75 Å². The average Bonchev–Trinajstić information content (AvgIpc) is 2.19. The summed E-state index contributed by atoms with van der Waals surface area (Å²) >= 11 is 1.88. The van der Waals surface area contributed by atoms with Crippen molar-refractivity contribution >= 4 is 17.8 Å². The van der Waals surface area contributed by atoms with Gasteiger partial charge in [0, 0.05) is 9.64 Å². The largest absolute Gasteiger partial charge is 0.120 e. The minimum atomic E-state index is 0.263. The molecule has 0 saturated carbocycles. The van der Waals surface area contributed by atoms with Gasteiger partial charge >= 0.3 is 0 Å². The Morgan fingerprint density at radius 2 is 1.67 bits per heavy atom. The summed E-state index contributed by atoms with van der Waals surface area (Å²) in [6, 6.07) is 8.36. The predicted molar refractivity (Wildman–Crippen MR) is 73.4 cm³/mol. The Morgan fingerprint density at radius 3 is 2.13 bits per heavy atom. The van der Waals surface area contributed by atoms with Crippen LogP contribution in [0.3, 0.4) is 0 Å². The second-order valence-corrected chi connectivity index (χ2v) is 5.83. The molecule has 0 aliphatic heterocycles. The Hall–Kier alpha value is -0.950. The number of hydrogen-bond acceptors (Lipinski definition) is 1. The summed E-state index contributed by atoms with van der Waals surface area (Å²) < 4.78 is 0.263. The second-order valence-electron chi connectivity index (χ2n) is 3.96. The van der Waals surface area contributed by atoms with Gasteiger partial charge in [-0.1, -0.05) is 51.6 Å². The lowest BCUT2D eigenvalue weighted by atomic mass is 10.2. The number of hydrogen-bond donors (Lipinski definition) is 0. The lowest BCUT2D eigenvalue weighted by Gasteiger charge is -2.18. The molecule has 15 heavy (non-hydrogen) atoms. The molecule has 0 atom stereocenters. The number of thioether (sulfide) groups is 1. The Bertz CT molecular complexity index is 307. The summed E-state index contributed by atoms with van der Waals surface area (Å²) in [5.74, 6) is 0. The number of benzene rings is 1. The first kappa shape index (κ1) is 14.1. The first-order valence-electron chi connectivity index (χ1n) is 4.93. The third kappa shape index (κ3) is 5.48. The molecule has 0 unspecified atom stereocenters. The first-order chi connectivity index (χ1) is 7.03. The van der Waals surface area contributed by atoms with E-state index in [1.54, 1.807) is 0 Å². The summed E-state index contributed by atoms with van der Waals surface area (Å²) in [5, 5.41) is 0. The Morgan fingerprint density at radius 1 is 1.13 bits per heavy atom. The normalized spacial score (nSPS) is 10.1. The van der Waals surface area contributed by atoms with E-state index in [1.165, 1.54) is 10.5 Å². The van der Waals surface area contributed by atoms with Crippen molar-refractivity contribution in [3.05, 3.63) is 49.6 Å². The maximum absolute atomic E-state index is 3.81. The van der Waals surface area contributed by atoms with E-state index in [1.807, 2.05) is 23.9 Å². The molecule has 0 heterocycles. The molecule has 0 spiro atoms. The van der Waals surface area contributed by atoms with Crippen molar-refractivity contribution in [1.82, 2.24) is 0 Å². The molecule has 0 fully saturated rings. The zero-order valence-corrected chi connectivity index (χ0v) is 10.7. The molecule has 0 aromatic heterocycles. The molecule has 1 rings (SSSR count). The molecular weight excluding hydrogens is 200 g/mol. The van der Waals surface area contributed by atoms with E-state index < -0.39 is 0 Å². The van der Waals surface area contributed by atoms with Crippen LogP contribution < -0.4 is 0 Å². The molecule has 0 aliphatic rings. The molecule has 0 saturated heterocycles. The first-order valence-corrected chi connectivity index (χ1v) is 5.75. The van der Waals surface area contributed by atoms with E-state index in [2.05, 4.69) is 58.7 Å². The lowest BCUT2D eigenvalue weighted by Crippen LogP contribution is -2.06. The molecular formula is C14H20S. The Balaban J connectivity index is 0.000000921. The molecule has 0 aliphatic carbocycles. The van der Waals surface area contributed by atoms with Crippen molar-refractivity contribution in [2.45, 2.75) is 30.4 Å². The highest BCUT2D eigenvalue weighted by Crippen LogP contribution is 2.34.